The number of halogens is 2. The van der Waals surface area contributed by atoms with Gasteiger partial charge in [-0.25, -0.2) is 17.2 Å². The number of sulfonamides is 1. The van der Waals surface area contributed by atoms with Crippen LogP contribution in [-0.2, 0) is 16.4 Å². The summed E-state index contributed by atoms with van der Waals surface area (Å²) < 4.78 is 54.4. The van der Waals surface area contributed by atoms with Gasteiger partial charge < -0.3 is 0 Å². The van der Waals surface area contributed by atoms with E-state index in [1.807, 2.05) is 0 Å². The Morgan fingerprint density at radius 2 is 1.92 bits per heavy atom. The molecule has 0 aromatic heterocycles. The minimum Gasteiger partial charge on any atom is -0.295 e. The largest absolute Gasteiger partial charge is 0.295 e. The molecule has 0 fully saturated rings. The molecule has 3 rings (SSSR count). The van der Waals surface area contributed by atoms with Crippen molar-refractivity contribution in [3.8, 4) is 0 Å². The molecular formula is C17H15F2NO3S. The van der Waals surface area contributed by atoms with Gasteiger partial charge in [-0.15, -0.1) is 0 Å². The fraction of sp³-hybridized carbons (Fsp3) is 0.235. The maximum atomic E-state index is 14.2. The van der Waals surface area contributed by atoms with E-state index in [2.05, 4.69) is 0 Å². The van der Waals surface area contributed by atoms with Crippen LogP contribution in [0.5, 0.6) is 0 Å². The minimum atomic E-state index is -4.05. The zero-order valence-corrected chi connectivity index (χ0v) is 13.7. The molecule has 0 saturated carbocycles. The molecule has 0 spiro atoms. The number of hydrogen-bond donors (Lipinski definition) is 0. The van der Waals surface area contributed by atoms with Gasteiger partial charge in [0.05, 0.1) is 10.6 Å². The Kier molecular flexibility index (Phi) is 4.13. The van der Waals surface area contributed by atoms with Gasteiger partial charge in [0.1, 0.15) is 5.82 Å². The highest BCUT2D eigenvalue weighted by Crippen LogP contribution is 2.35. The van der Waals surface area contributed by atoms with Crippen LogP contribution in [0, 0.1) is 11.6 Å². The zero-order chi connectivity index (χ0) is 17.5. The van der Waals surface area contributed by atoms with Crippen LogP contribution < -0.4 is 4.31 Å². The number of carbonyl (C=O) groups excluding carboxylic acids is 1. The topological polar surface area (TPSA) is 54.5 Å². The third-order valence-corrected chi connectivity index (χ3v) is 5.79. The SMILES string of the molecule is CC(=O)c1cccc(S(=O)(=O)N2CCCc3cc(F)cc(F)c32)c1. The first-order chi connectivity index (χ1) is 11.3. The predicted molar refractivity (Wildman–Crippen MR) is 85.7 cm³/mol. The Morgan fingerprint density at radius 3 is 2.62 bits per heavy atom. The third kappa shape index (κ3) is 2.80. The molecule has 0 unspecified atom stereocenters. The molecule has 0 aliphatic carbocycles. The average Bonchev–Trinajstić information content (AvgIpc) is 2.54. The molecule has 0 amide bonds. The second kappa shape index (κ2) is 5.98. The molecule has 126 valence electrons. The molecule has 2 aromatic rings. The molecule has 0 bridgehead atoms. The molecule has 1 aliphatic heterocycles. The summed E-state index contributed by atoms with van der Waals surface area (Å²) in [4.78, 5) is 11.4. The van der Waals surface area contributed by atoms with Gasteiger partial charge in [-0.2, -0.15) is 0 Å². The van der Waals surface area contributed by atoms with Gasteiger partial charge in [0.2, 0.25) is 0 Å². The molecule has 0 N–H and O–H groups in total. The van der Waals surface area contributed by atoms with Crippen molar-refractivity contribution in [1.82, 2.24) is 0 Å². The number of hydrogen-bond acceptors (Lipinski definition) is 3. The highest BCUT2D eigenvalue weighted by molar-refractivity contribution is 7.92. The average molecular weight is 351 g/mol. The van der Waals surface area contributed by atoms with Crippen LogP contribution >= 0.6 is 0 Å². The third-order valence-electron chi connectivity index (χ3n) is 3.99. The number of ketones is 1. The Labute approximate surface area is 138 Å². The van der Waals surface area contributed by atoms with Crippen molar-refractivity contribution in [1.29, 1.82) is 0 Å². The molecule has 0 atom stereocenters. The fourth-order valence-corrected chi connectivity index (χ4v) is 4.45. The molecule has 4 nitrogen and oxygen atoms in total. The summed E-state index contributed by atoms with van der Waals surface area (Å²) in [5, 5.41) is 0. The molecule has 1 heterocycles. The van der Waals surface area contributed by atoms with Crippen LogP contribution in [0.3, 0.4) is 0 Å². The maximum absolute atomic E-state index is 14.2. The van der Waals surface area contributed by atoms with Gasteiger partial charge in [0, 0.05) is 18.2 Å². The molecule has 0 radical (unpaired) electrons. The number of Topliss-reactive ketones (excluding diaryl/α,β-unsaturated/α-hetero) is 1. The van der Waals surface area contributed by atoms with Gasteiger partial charge in [0.15, 0.2) is 11.6 Å². The first kappa shape index (κ1) is 16.6. The molecule has 2 aromatic carbocycles. The Morgan fingerprint density at radius 1 is 1.17 bits per heavy atom. The van der Waals surface area contributed by atoms with E-state index < -0.39 is 21.7 Å². The normalized spacial score (nSPS) is 14.4. The summed E-state index contributed by atoms with van der Waals surface area (Å²) in [6.07, 6.45) is 0.866. The lowest BCUT2D eigenvalue weighted by molar-refractivity contribution is 0.101. The highest BCUT2D eigenvalue weighted by atomic mass is 32.2. The van der Waals surface area contributed by atoms with Crippen LogP contribution in [0.25, 0.3) is 0 Å². The molecule has 24 heavy (non-hydrogen) atoms. The number of rotatable bonds is 3. The van der Waals surface area contributed by atoms with E-state index in [0.29, 0.717) is 24.5 Å². The van der Waals surface area contributed by atoms with E-state index in [4.69, 9.17) is 0 Å². The van der Waals surface area contributed by atoms with E-state index in [-0.39, 0.29) is 28.5 Å². The van der Waals surface area contributed by atoms with E-state index in [1.165, 1.54) is 31.2 Å². The van der Waals surface area contributed by atoms with Crippen LogP contribution in [0.15, 0.2) is 41.3 Å². The summed E-state index contributed by atoms with van der Waals surface area (Å²) in [7, 11) is -4.05. The van der Waals surface area contributed by atoms with Crippen LogP contribution in [0.1, 0.15) is 29.3 Å². The van der Waals surface area contributed by atoms with Crippen LogP contribution in [-0.4, -0.2) is 20.7 Å². The fourth-order valence-electron chi connectivity index (χ4n) is 2.86. The lowest BCUT2D eigenvalue weighted by Crippen LogP contribution is -2.36. The smallest absolute Gasteiger partial charge is 0.264 e. The van der Waals surface area contributed by atoms with E-state index in [0.717, 1.165) is 10.4 Å². The lowest BCUT2D eigenvalue weighted by Gasteiger charge is -2.30. The number of nitrogens with zero attached hydrogens (tertiary/aromatic N) is 1. The second-order valence-electron chi connectivity index (χ2n) is 5.66. The van der Waals surface area contributed by atoms with E-state index >= 15 is 0 Å². The monoisotopic (exact) mass is 351 g/mol. The van der Waals surface area contributed by atoms with Crippen molar-refractivity contribution < 1.29 is 22.0 Å². The zero-order valence-electron chi connectivity index (χ0n) is 12.9. The second-order valence-corrected chi connectivity index (χ2v) is 7.52. The Bertz CT molecular complexity index is 925. The summed E-state index contributed by atoms with van der Waals surface area (Å²) in [6, 6.07) is 7.45. The number of aryl methyl sites for hydroxylation is 1. The maximum Gasteiger partial charge on any atom is 0.264 e. The van der Waals surface area contributed by atoms with Crippen molar-refractivity contribution in [2.45, 2.75) is 24.7 Å². The van der Waals surface area contributed by atoms with Crippen molar-refractivity contribution in [3.63, 3.8) is 0 Å². The van der Waals surface area contributed by atoms with Crippen LogP contribution in [0.4, 0.5) is 14.5 Å². The van der Waals surface area contributed by atoms with Gasteiger partial charge in [-0.3, -0.25) is 9.10 Å². The van der Waals surface area contributed by atoms with E-state index in [1.54, 1.807) is 0 Å². The van der Waals surface area contributed by atoms with Crippen LogP contribution in [0.2, 0.25) is 0 Å². The van der Waals surface area contributed by atoms with Crippen molar-refractivity contribution in [3.05, 3.63) is 59.2 Å². The minimum absolute atomic E-state index is 0.0909. The Hall–Kier alpha value is -2.28. The summed E-state index contributed by atoms with van der Waals surface area (Å²) in [5.41, 5.74) is 0.466. The number of anilines is 1. The van der Waals surface area contributed by atoms with Crippen molar-refractivity contribution in [2.24, 2.45) is 0 Å². The van der Waals surface area contributed by atoms with Crippen molar-refractivity contribution in [2.75, 3.05) is 10.8 Å². The Balaban J connectivity index is 2.13. The molecule has 0 saturated heterocycles. The van der Waals surface area contributed by atoms with Gasteiger partial charge >= 0.3 is 0 Å². The first-order valence-electron chi connectivity index (χ1n) is 7.42. The lowest BCUT2D eigenvalue weighted by atomic mass is 10.0. The quantitative estimate of drug-likeness (QED) is 0.797. The van der Waals surface area contributed by atoms with E-state index in [9.17, 15) is 22.0 Å². The van der Waals surface area contributed by atoms with Gasteiger partial charge in [0.25, 0.3) is 10.0 Å². The first-order valence-corrected chi connectivity index (χ1v) is 8.86. The molecular weight excluding hydrogens is 336 g/mol. The number of fused-ring (bicyclic) bond motifs is 1. The molecule has 7 heteroatoms. The standard InChI is InChI=1S/C17H15F2NO3S/c1-11(21)12-4-2-6-15(9-12)24(22,23)20-7-3-5-13-8-14(18)10-16(19)17(13)20/h2,4,6,8-10H,3,5,7H2,1H3. The van der Waals surface area contributed by atoms with Gasteiger partial charge in [-0.05, 0) is 43.5 Å². The number of benzene rings is 2. The number of carbonyl (C=O) groups is 1. The van der Waals surface area contributed by atoms with Gasteiger partial charge in [-0.1, -0.05) is 12.1 Å². The summed E-state index contributed by atoms with van der Waals surface area (Å²) in [6.45, 7) is 1.44. The van der Waals surface area contributed by atoms with Crippen molar-refractivity contribution >= 4 is 21.5 Å². The molecule has 1 aliphatic rings. The predicted octanol–water partition coefficient (Wildman–Crippen LogP) is 3.31. The highest BCUT2D eigenvalue weighted by Gasteiger charge is 2.32. The summed E-state index contributed by atoms with van der Waals surface area (Å²) >= 11 is 0. The summed E-state index contributed by atoms with van der Waals surface area (Å²) in [5.74, 6) is -1.90.